The molecule has 3 aromatic heterocycles. The fourth-order valence-corrected chi connectivity index (χ4v) is 4.84. The Hall–Kier alpha value is -4.11. The summed E-state index contributed by atoms with van der Waals surface area (Å²) < 4.78 is 6.54. The largest absolute Gasteiger partial charge is 0.309 e. The van der Waals surface area contributed by atoms with Gasteiger partial charge in [0.2, 0.25) is 0 Å². The molecule has 3 heteroatoms. The molecule has 7 aromatic rings. The maximum atomic E-state index is 3.49. The van der Waals surface area contributed by atoms with Crippen molar-refractivity contribution >= 4 is 38.1 Å². The number of benzene rings is 4. The molecule has 0 spiro atoms. The van der Waals surface area contributed by atoms with E-state index in [0.717, 1.165) is 11.4 Å². The van der Waals surface area contributed by atoms with Crippen molar-refractivity contribution in [3.05, 3.63) is 110 Å². The summed E-state index contributed by atoms with van der Waals surface area (Å²) in [4.78, 5) is 0. The van der Waals surface area contributed by atoms with Gasteiger partial charge in [-0.2, -0.15) is 0 Å². The van der Waals surface area contributed by atoms with Gasteiger partial charge < -0.3 is 4.40 Å². The third-order valence-corrected chi connectivity index (χ3v) is 6.10. The third kappa shape index (κ3) is 1.96. The van der Waals surface area contributed by atoms with Crippen molar-refractivity contribution in [3.8, 4) is 11.4 Å². The Morgan fingerprint density at radius 1 is 0.633 bits per heavy atom. The average Bonchev–Trinajstić information content (AvgIpc) is 3.51. The van der Waals surface area contributed by atoms with Crippen LogP contribution in [-0.4, -0.2) is 8.97 Å². The molecule has 0 saturated carbocycles. The van der Waals surface area contributed by atoms with Crippen LogP contribution in [0.1, 0.15) is 0 Å². The highest BCUT2D eigenvalue weighted by molar-refractivity contribution is 6.24. The van der Waals surface area contributed by atoms with Crippen LogP contribution in [0.15, 0.2) is 103 Å². The highest BCUT2D eigenvalue weighted by atomic mass is 15.1. The standard InChI is InChI=1S/C27H17N3/c1-2-8-19(9-3-1)28-16-17-29(18-28)24-14-7-15-25-26(24)22-12-6-11-21-20-10-4-5-13-23(20)30(25)27(21)22/h1-17H. The van der Waals surface area contributed by atoms with E-state index in [1.54, 1.807) is 0 Å². The molecule has 0 saturated heterocycles. The number of rotatable bonds is 2. The predicted molar refractivity (Wildman–Crippen MR) is 121 cm³/mol. The van der Waals surface area contributed by atoms with Crippen LogP contribution < -0.4 is 4.57 Å². The van der Waals surface area contributed by atoms with Crippen LogP contribution in [0, 0.1) is 6.33 Å². The highest BCUT2D eigenvalue weighted by Crippen LogP contribution is 2.40. The zero-order chi connectivity index (χ0) is 19.7. The van der Waals surface area contributed by atoms with Crippen molar-refractivity contribution in [3.63, 3.8) is 0 Å². The molecule has 0 atom stereocenters. The van der Waals surface area contributed by atoms with E-state index >= 15 is 0 Å². The maximum absolute atomic E-state index is 3.49. The monoisotopic (exact) mass is 383 g/mol. The van der Waals surface area contributed by atoms with Crippen molar-refractivity contribution in [2.45, 2.75) is 0 Å². The van der Waals surface area contributed by atoms with Gasteiger partial charge in [-0.05, 0) is 30.3 Å². The molecule has 0 aliphatic rings. The second-order valence-electron chi connectivity index (χ2n) is 7.70. The fraction of sp³-hybridized carbons (Fsp3) is 0. The molecule has 0 fully saturated rings. The van der Waals surface area contributed by atoms with Gasteiger partial charge in [-0.1, -0.05) is 60.7 Å². The first kappa shape index (κ1) is 15.8. The molecule has 0 N–H and O–H groups in total. The topological polar surface area (TPSA) is 13.2 Å². The third-order valence-electron chi connectivity index (χ3n) is 6.10. The normalized spacial score (nSPS) is 12.0. The number of hydrogen-bond donors (Lipinski definition) is 0. The van der Waals surface area contributed by atoms with Gasteiger partial charge in [0, 0.05) is 33.9 Å². The summed E-state index contributed by atoms with van der Waals surface area (Å²) in [6, 6.07) is 32.2. The predicted octanol–water partition coefficient (Wildman–Crippen LogP) is 5.70. The van der Waals surface area contributed by atoms with E-state index in [-0.39, 0.29) is 0 Å². The van der Waals surface area contributed by atoms with Crippen LogP contribution in [0.4, 0.5) is 0 Å². The SMILES string of the molecule is [c-]1n(-c2cccc3c2c2cccc4c5ccccc5n3c42)cc[n+]1-c1ccccc1. The molecular formula is C27H17N3. The molecule has 4 aromatic carbocycles. The summed E-state index contributed by atoms with van der Waals surface area (Å²) in [5.41, 5.74) is 6.02. The van der Waals surface area contributed by atoms with Gasteiger partial charge in [-0.25, -0.2) is 0 Å². The first-order valence-corrected chi connectivity index (χ1v) is 10.1. The average molecular weight is 383 g/mol. The van der Waals surface area contributed by atoms with Crippen LogP contribution >= 0.6 is 0 Å². The Kier molecular flexibility index (Phi) is 3.00. The number of para-hydroxylation sites is 3. The van der Waals surface area contributed by atoms with Crippen LogP contribution in [-0.2, 0) is 0 Å². The summed E-state index contributed by atoms with van der Waals surface area (Å²) in [6.07, 6.45) is 7.62. The highest BCUT2D eigenvalue weighted by Gasteiger charge is 2.19. The Labute approximate surface area is 173 Å². The fourth-order valence-electron chi connectivity index (χ4n) is 4.84. The van der Waals surface area contributed by atoms with Crippen LogP contribution in [0.25, 0.3) is 49.5 Å². The molecule has 0 aliphatic heterocycles. The zero-order valence-corrected chi connectivity index (χ0v) is 16.2. The molecule has 30 heavy (non-hydrogen) atoms. The number of imidazole rings is 1. The van der Waals surface area contributed by atoms with E-state index in [4.69, 9.17) is 0 Å². The molecule has 3 heterocycles. The molecule has 0 radical (unpaired) electrons. The summed E-state index contributed by atoms with van der Waals surface area (Å²) >= 11 is 0. The lowest BCUT2D eigenvalue weighted by Crippen LogP contribution is -2.27. The van der Waals surface area contributed by atoms with Gasteiger partial charge in [-0.3, -0.25) is 9.13 Å². The quantitative estimate of drug-likeness (QED) is 0.268. The number of aromatic nitrogens is 3. The van der Waals surface area contributed by atoms with Gasteiger partial charge in [0.15, 0.2) is 0 Å². The summed E-state index contributed by atoms with van der Waals surface area (Å²) in [7, 11) is 0. The Bertz CT molecular complexity index is 1690. The Morgan fingerprint density at radius 2 is 1.37 bits per heavy atom. The summed E-state index contributed by atoms with van der Waals surface area (Å²) in [5.74, 6) is 0. The molecule has 0 amide bonds. The lowest BCUT2D eigenvalue weighted by Gasteiger charge is -2.05. The van der Waals surface area contributed by atoms with Gasteiger partial charge in [-0.15, -0.1) is 0 Å². The van der Waals surface area contributed by atoms with Gasteiger partial charge in [0.25, 0.3) is 6.33 Å². The maximum Gasteiger partial charge on any atom is 0.268 e. The van der Waals surface area contributed by atoms with E-state index in [2.05, 4.69) is 100 Å². The minimum Gasteiger partial charge on any atom is -0.309 e. The molecular weight excluding hydrogens is 366 g/mol. The molecule has 0 unspecified atom stereocenters. The van der Waals surface area contributed by atoms with E-state index in [9.17, 15) is 0 Å². The second kappa shape index (κ2) is 5.71. The minimum atomic E-state index is 1.10. The minimum absolute atomic E-state index is 1.10. The van der Waals surface area contributed by atoms with E-state index < -0.39 is 0 Å². The Morgan fingerprint density at radius 3 is 2.30 bits per heavy atom. The van der Waals surface area contributed by atoms with Crippen molar-refractivity contribution in [1.82, 2.24) is 8.97 Å². The molecule has 0 bridgehead atoms. The van der Waals surface area contributed by atoms with Crippen LogP contribution in [0.5, 0.6) is 0 Å². The van der Waals surface area contributed by atoms with Gasteiger partial charge in [0.1, 0.15) is 0 Å². The number of hydrogen-bond acceptors (Lipinski definition) is 0. The number of nitrogens with zero attached hydrogens (tertiary/aromatic N) is 3. The first-order valence-electron chi connectivity index (χ1n) is 10.1. The zero-order valence-electron chi connectivity index (χ0n) is 16.2. The summed E-state index contributed by atoms with van der Waals surface area (Å²) in [5, 5.41) is 5.15. The van der Waals surface area contributed by atoms with Crippen molar-refractivity contribution in [2.75, 3.05) is 0 Å². The molecule has 7 rings (SSSR count). The lowest BCUT2D eigenvalue weighted by molar-refractivity contribution is -0.599. The van der Waals surface area contributed by atoms with E-state index in [1.807, 2.05) is 22.8 Å². The molecule has 140 valence electrons. The van der Waals surface area contributed by atoms with Crippen LogP contribution in [0.3, 0.4) is 0 Å². The molecule has 0 aliphatic carbocycles. The molecule has 3 nitrogen and oxygen atoms in total. The lowest BCUT2D eigenvalue weighted by atomic mass is 10.1. The second-order valence-corrected chi connectivity index (χ2v) is 7.70. The summed E-state index contributed by atoms with van der Waals surface area (Å²) in [6.45, 7) is 0. The van der Waals surface area contributed by atoms with Gasteiger partial charge >= 0.3 is 0 Å². The van der Waals surface area contributed by atoms with Crippen LogP contribution in [0.2, 0.25) is 0 Å². The van der Waals surface area contributed by atoms with E-state index in [1.165, 1.54) is 38.1 Å². The van der Waals surface area contributed by atoms with Crippen molar-refractivity contribution in [1.29, 1.82) is 0 Å². The number of fused-ring (bicyclic) bond motifs is 6. The van der Waals surface area contributed by atoms with E-state index in [0.29, 0.717) is 0 Å². The van der Waals surface area contributed by atoms with Crippen molar-refractivity contribution in [2.24, 2.45) is 0 Å². The van der Waals surface area contributed by atoms with Gasteiger partial charge in [0.05, 0.1) is 27.9 Å². The first-order chi connectivity index (χ1) is 14.9. The van der Waals surface area contributed by atoms with Crippen molar-refractivity contribution < 1.29 is 4.57 Å². The Balaban J connectivity index is 1.58. The smallest absolute Gasteiger partial charge is 0.268 e.